The van der Waals surface area contributed by atoms with Gasteiger partial charge in [-0.2, -0.15) is 0 Å². The SMILES string of the molecule is Cc1cccc(N(C)C(=S)Oc2ccc3ccccc3c2)c1.O=C(C=CC=Cc1ccc2c(c1)OCO2)N1CCCCC1. The maximum Gasteiger partial charge on any atom is 0.269 e. The number of allylic oxidation sites excluding steroid dienone is 2. The molecule has 43 heavy (non-hydrogen) atoms. The Balaban J connectivity index is 0.000000171. The Kier molecular flexibility index (Phi) is 10.1. The van der Waals surface area contributed by atoms with Gasteiger partial charge in [0.15, 0.2) is 11.5 Å². The lowest BCUT2D eigenvalue weighted by Gasteiger charge is -2.25. The summed E-state index contributed by atoms with van der Waals surface area (Å²) in [6, 6.07) is 28.1. The van der Waals surface area contributed by atoms with Crippen LogP contribution in [-0.4, -0.2) is 42.9 Å². The van der Waals surface area contributed by atoms with Gasteiger partial charge in [-0.25, -0.2) is 0 Å². The molecule has 1 fully saturated rings. The van der Waals surface area contributed by atoms with E-state index < -0.39 is 0 Å². The quantitative estimate of drug-likeness (QED) is 0.133. The fraction of sp³-hybridized carbons (Fsp3) is 0.222. The zero-order valence-electron chi connectivity index (χ0n) is 24.6. The van der Waals surface area contributed by atoms with Crippen molar-refractivity contribution in [3.05, 3.63) is 114 Å². The van der Waals surface area contributed by atoms with Gasteiger partial charge in [0, 0.05) is 31.9 Å². The molecule has 1 amide bonds. The number of carbonyl (C=O) groups is 1. The molecule has 0 saturated carbocycles. The first-order valence-electron chi connectivity index (χ1n) is 14.5. The summed E-state index contributed by atoms with van der Waals surface area (Å²) in [6.07, 6.45) is 10.7. The zero-order chi connectivity index (χ0) is 30.0. The van der Waals surface area contributed by atoms with Crippen LogP contribution in [-0.2, 0) is 4.79 Å². The molecule has 2 aliphatic heterocycles. The van der Waals surface area contributed by atoms with Crippen molar-refractivity contribution in [2.45, 2.75) is 26.2 Å². The Labute approximate surface area is 258 Å². The molecule has 0 atom stereocenters. The first-order valence-corrected chi connectivity index (χ1v) is 14.9. The van der Waals surface area contributed by atoms with Crippen LogP contribution < -0.4 is 19.1 Å². The summed E-state index contributed by atoms with van der Waals surface area (Å²) in [6.45, 7) is 4.11. The second-order valence-corrected chi connectivity index (χ2v) is 10.8. The van der Waals surface area contributed by atoms with Crippen LogP contribution in [0, 0.1) is 6.92 Å². The van der Waals surface area contributed by atoms with Crippen LogP contribution >= 0.6 is 12.2 Å². The average Bonchev–Trinajstić information content (AvgIpc) is 3.51. The predicted octanol–water partition coefficient (Wildman–Crippen LogP) is 7.95. The molecule has 0 bridgehead atoms. The smallest absolute Gasteiger partial charge is 0.269 e. The molecule has 2 aliphatic rings. The van der Waals surface area contributed by atoms with Crippen molar-refractivity contribution in [1.29, 1.82) is 0 Å². The van der Waals surface area contributed by atoms with Gasteiger partial charge in [-0.15, -0.1) is 0 Å². The fourth-order valence-corrected chi connectivity index (χ4v) is 5.08. The van der Waals surface area contributed by atoms with Crippen molar-refractivity contribution in [2.75, 3.05) is 31.8 Å². The summed E-state index contributed by atoms with van der Waals surface area (Å²) in [5.74, 6) is 2.40. The molecule has 4 aromatic carbocycles. The third kappa shape index (κ3) is 8.23. The number of hydrogen-bond donors (Lipinski definition) is 0. The van der Waals surface area contributed by atoms with Crippen LogP contribution in [0.5, 0.6) is 17.2 Å². The zero-order valence-corrected chi connectivity index (χ0v) is 25.4. The number of aryl methyl sites for hydroxylation is 1. The molecule has 0 radical (unpaired) electrons. The molecule has 0 N–H and O–H groups in total. The first-order chi connectivity index (χ1) is 21.0. The highest BCUT2D eigenvalue weighted by Gasteiger charge is 2.14. The molecular weight excluding hydrogens is 556 g/mol. The highest BCUT2D eigenvalue weighted by atomic mass is 32.1. The lowest BCUT2D eigenvalue weighted by atomic mass is 10.1. The van der Waals surface area contributed by atoms with Crippen LogP contribution in [0.15, 0.2) is 103 Å². The number of anilines is 1. The first kappa shape index (κ1) is 29.9. The summed E-state index contributed by atoms with van der Waals surface area (Å²) in [5, 5.41) is 2.76. The predicted molar refractivity (Wildman–Crippen MR) is 178 cm³/mol. The van der Waals surface area contributed by atoms with Gasteiger partial charge in [-0.05, 0) is 96.7 Å². The number of ether oxygens (including phenoxy) is 3. The number of amides is 1. The molecule has 6 rings (SSSR count). The average molecular weight is 593 g/mol. The normalized spacial score (nSPS) is 14.0. The molecular formula is C36H36N2O4S. The van der Waals surface area contributed by atoms with Crippen molar-refractivity contribution < 1.29 is 19.0 Å². The van der Waals surface area contributed by atoms with E-state index in [1.165, 1.54) is 17.4 Å². The number of hydrogen-bond acceptors (Lipinski definition) is 5. The maximum atomic E-state index is 11.9. The van der Waals surface area contributed by atoms with Crippen molar-refractivity contribution in [3.8, 4) is 17.2 Å². The standard InChI is InChI=1S/C19H17NOS.C17H19NO3/c1-14-6-5-9-17(12-14)20(2)19(22)21-18-11-10-15-7-3-4-8-16(15)13-18;19-17(18-10-4-1-5-11-18)7-3-2-6-14-8-9-15-16(12-14)21-13-20-15/h3-13H,1-2H3;2-3,6-9,12H,1,4-5,10-11,13H2. The van der Waals surface area contributed by atoms with E-state index in [1.54, 1.807) is 12.2 Å². The Morgan fingerprint density at radius 2 is 1.65 bits per heavy atom. The molecule has 0 aromatic heterocycles. The molecule has 0 aliphatic carbocycles. The highest BCUT2D eigenvalue weighted by molar-refractivity contribution is 7.80. The van der Waals surface area contributed by atoms with Crippen molar-refractivity contribution in [1.82, 2.24) is 4.90 Å². The van der Waals surface area contributed by atoms with Crippen LogP contribution in [0.3, 0.4) is 0 Å². The Morgan fingerprint density at radius 1 is 0.860 bits per heavy atom. The van der Waals surface area contributed by atoms with Crippen LogP contribution in [0.2, 0.25) is 0 Å². The maximum absolute atomic E-state index is 11.9. The van der Waals surface area contributed by atoms with E-state index in [4.69, 9.17) is 26.4 Å². The van der Waals surface area contributed by atoms with Crippen molar-refractivity contribution >= 4 is 45.8 Å². The van der Waals surface area contributed by atoms with Gasteiger partial charge in [-0.3, -0.25) is 4.79 Å². The summed E-state index contributed by atoms with van der Waals surface area (Å²) < 4.78 is 16.4. The molecule has 2 heterocycles. The van der Waals surface area contributed by atoms with E-state index in [2.05, 4.69) is 31.2 Å². The van der Waals surface area contributed by atoms with Gasteiger partial charge in [0.25, 0.3) is 5.17 Å². The molecule has 0 unspecified atom stereocenters. The number of benzene rings is 4. The van der Waals surface area contributed by atoms with Gasteiger partial charge in [0.1, 0.15) is 5.75 Å². The number of rotatable bonds is 5. The topological polar surface area (TPSA) is 51.2 Å². The van der Waals surface area contributed by atoms with Gasteiger partial charge in [0.05, 0.1) is 0 Å². The minimum Gasteiger partial charge on any atom is -0.454 e. The van der Waals surface area contributed by atoms with E-state index in [1.807, 2.05) is 89.7 Å². The molecule has 7 heteroatoms. The fourth-order valence-electron chi connectivity index (χ4n) is 4.88. The molecule has 1 saturated heterocycles. The monoisotopic (exact) mass is 592 g/mol. The number of carbonyl (C=O) groups excluding carboxylic acids is 1. The number of nitrogens with zero attached hydrogens (tertiary/aromatic N) is 2. The number of fused-ring (bicyclic) bond motifs is 2. The van der Waals surface area contributed by atoms with Gasteiger partial charge < -0.3 is 24.0 Å². The Bertz CT molecular complexity index is 1640. The van der Waals surface area contributed by atoms with Crippen LogP contribution in [0.1, 0.15) is 30.4 Å². The minimum atomic E-state index is 0.102. The van der Waals surface area contributed by atoms with E-state index in [9.17, 15) is 4.79 Å². The van der Waals surface area contributed by atoms with Crippen molar-refractivity contribution in [2.24, 2.45) is 0 Å². The third-order valence-electron chi connectivity index (χ3n) is 7.29. The minimum absolute atomic E-state index is 0.102. The van der Waals surface area contributed by atoms with E-state index >= 15 is 0 Å². The second kappa shape index (κ2) is 14.5. The number of thiocarbonyl (C=S) groups is 1. The summed E-state index contributed by atoms with van der Waals surface area (Å²) in [4.78, 5) is 15.7. The van der Waals surface area contributed by atoms with Crippen LogP contribution in [0.25, 0.3) is 16.8 Å². The highest BCUT2D eigenvalue weighted by Crippen LogP contribution is 2.32. The lowest BCUT2D eigenvalue weighted by molar-refractivity contribution is -0.126. The van der Waals surface area contributed by atoms with E-state index in [0.29, 0.717) is 5.17 Å². The number of likely N-dealkylation sites (tertiary alicyclic amines) is 1. The summed E-state index contributed by atoms with van der Waals surface area (Å²) in [5.41, 5.74) is 3.23. The van der Waals surface area contributed by atoms with Gasteiger partial charge in [0.2, 0.25) is 12.7 Å². The molecule has 6 nitrogen and oxygen atoms in total. The largest absolute Gasteiger partial charge is 0.454 e. The van der Waals surface area contributed by atoms with Crippen molar-refractivity contribution in [3.63, 3.8) is 0 Å². The van der Waals surface area contributed by atoms with Crippen LogP contribution in [0.4, 0.5) is 5.69 Å². The third-order valence-corrected chi connectivity index (χ3v) is 7.65. The second-order valence-electron chi connectivity index (χ2n) is 10.5. The summed E-state index contributed by atoms with van der Waals surface area (Å²) >= 11 is 5.41. The number of piperidine rings is 1. The van der Waals surface area contributed by atoms with Gasteiger partial charge >= 0.3 is 0 Å². The van der Waals surface area contributed by atoms with E-state index in [-0.39, 0.29) is 12.7 Å². The van der Waals surface area contributed by atoms with E-state index in [0.717, 1.165) is 59.8 Å². The molecule has 4 aromatic rings. The Morgan fingerprint density at radius 3 is 2.47 bits per heavy atom. The van der Waals surface area contributed by atoms with Gasteiger partial charge in [-0.1, -0.05) is 66.8 Å². The molecule has 220 valence electrons. The summed E-state index contributed by atoms with van der Waals surface area (Å²) in [7, 11) is 1.91. The lowest BCUT2D eigenvalue weighted by Crippen LogP contribution is -2.34. The Hall–Kier alpha value is -4.62. The molecule has 0 spiro atoms.